The van der Waals surface area contributed by atoms with Gasteiger partial charge in [0.15, 0.2) is 5.13 Å². The molecule has 0 spiro atoms. The van der Waals surface area contributed by atoms with E-state index in [1.54, 1.807) is 24.0 Å². The average molecular weight is 285 g/mol. The van der Waals surface area contributed by atoms with Crippen molar-refractivity contribution in [3.63, 3.8) is 0 Å². The van der Waals surface area contributed by atoms with Crippen LogP contribution in [0.2, 0.25) is 0 Å². The molecule has 0 aliphatic carbocycles. The van der Waals surface area contributed by atoms with Gasteiger partial charge >= 0.3 is 0 Å². The monoisotopic (exact) mass is 285 g/mol. The molecule has 5 nitrogen and oxygen atoms in total. The number of rotatable bonds is 3. The van der Waals surface area contributed by atoms with Crippen LogP contribution in [0, 0.1) is 0 Å². The van der Waals surface area contributed by atoms with E-state index in [9.17, 15) is 0 Å². The van der Waals surface area contributed by atoms with Crippen LogP contribution in [0.15, 0.2) is 36.9 Å². The van der Waals surface area contributed by atoms with Gasteiger partial charge in [0, 0.05) is 6.54 Å². The van der Waals surface area contributed by atoms with Crippen LogP contribution in [0.1, 0.15) is 12.8 Å². The van der Waals surface area contributed by atoms with Crippen LogP contribution in [-0.2, 0) is 6.54 Å². The minimum atomic E-state index is 0.470. The second-order valence-electron chi connectivity index (χ2n) is 5.07. The molecule has 3 heterocycles. The lowest BCUT2D eigenvalue weighted by molar-refractivity contribution is 0.508. The molecule has 1 fully saturated rings. The highest BCUT2D eigenvalue weighted by atomic mass is 32.1. The van der Waals surface area contributed by atoms with E-state index < -0.39 is 0 Å². The fraction of sp³-hybridized carbons (Fsp3) is 0.357. The summed E-state index contributed by atoms with van der Waals surface area (Å²) in [4.78, 5) is 11.2. The van der Waals surface area contributed by atoms with E-state index in [-0.39, 0.29) is 0 Å². The molecule has 1 saturated heterocycles. The zero-order valence-corrected chi connectivity index (χ0v) is 11.8. The maximum atomic E-state index is 4.77. The van der Waals surface area contributed by atoms with Crippen LogP contribution in [0.3, 0.4) is 0 Å². The Labute approximate surface area is 120 Å². The smallest absolute Gasteiger partial charge is 0.186 e. The first-order valence-electron chi connectivity index (χ1n) is 6.85. The summed E-state index contributed by atoms with van der Waals surface area (Å²) >= 11 is 1.78. The summed E-state index contributed by atoms with van der Waals surface area (Å²) in [6, 6.07) is 8.80. The van der Waals surface area contributed by atoms with Crippen molar-refractivity contribution in [3.05, 3.63) is 36.9 Å². The van der Waals surface area contributed by atoms with Gasteiger partial charge in [0.1, 0.15) is 12.7 Å². The van der Waals surface area contributed by atoms with Crippen LogP contribution in [0.4, 0.5) is 5.13 Å². The third-order valence-corrected chi connectivity index (χ3v) is 4.84. The average Bonchev–Trinajstić information content (AvgIpc) is 3.18. The van der Waals surface area contributed by atoms with Crippen molar-refractivity contribution in [1.82, 2.24) is 19.7 Å². The first kappa shape index (κ1) is 11.8. The van der Waals surface area contributed by atoms with Gasteiger partial charge in [-0.15, -0.1) is 0 Å². The fourth-order valence-corrected chi connectivity index (χ4v) is 3.87. The molecule has 1 atom stereocenters. The summed E-state index contributed by atoms with van der Waals surface area (Å²) in [5, 5.41) is 5.35. The van der Waals surface area contributed by atoms with E-state index in [4.69, 9.17) is 4.98 Å². The summed E-state index contributed by atoms with van der Waals surface area (Å²) in [6.07, 6.45) is 5.79. The molecule has 1 aliphatic rings. The number of hydrogen-bond acceptors (Lipinski definition) is 5. The highest BCUT2D eigenvalue weighted by molar-refractivity contribution is 7.22. The first-order valence-corrected chi connectivity index (χ1v) is 7.66. The van der Waals surface area contributed by atoms with E-state index in [0.29, 0.717) is 6.04 Å². The number of nitrogens with zero attached hydrogens (tertiary/aromatic N) is 5. The van der Waals surface area contributed by atoms with E-state index >= 15 is 0 Å². The zero-order chi connectivity index (χ0) is 13.4. The van der Waals surface area contributed by atoms with Crippen molar-refractivity contribution in [3.8, 4) is 0 Å². The molecule has 3 aromatic rings. The summed E-state index contributed by atoms with van der Waals surface area (Å²) in [6.45, 7) is 1.97. The lowest BCUT2D eigenvalue weighted by Gasteiger charge is -2.23. The SMILES string of the molecule is c1ccc2sc(N3CCC[C@H]3Cn3cncn3)nc2c1. The van der Waals surface area contributed by atoms with E-state index in [0.717, 1.165) is 23.7 Å². The molecule has 102 valence electrons. The van der Waals surface area contributed by atoms with Gasteiger partial charge < -0.3 is 4.90 Å². The number of aromatic nitrogens is 4. The molecule has 20 heavy (non-hydrogen) atoms. The molecule has 0 bridgehead atoms. The Balaban J connectivity index is 1.62. The number of thiazole rings is 1. The van der Waals surface area contributed by atoms with E-state index in [1.165, 1.54) is 17.5 Å². The van der Waals surface area contributed by atoms with Gasteiger partial charge in [0.25, 0.3) is 0 Å². The van der Waals surface area contributed by atoms with E-state index in [1.807, 2.05) is 10.7 Å². The fourth-order valence-electron chi connectivity index (χ4n) is 2.80. The molecule has 0 amide bonds. The van der Waals surface area contributed by atoms with Gasteiger partial charge in [-0.2, -0.15) is 5.10 Å². The second kappa shape index (κ2) is 4.86. The highest BCUT2D eigenvalue weighted by Crippen LogP contribution is 2.33. The predicted octanol–water partition coefficient (Wildman–Crippen LogP) is 2.56. The normalized spacial score (nSPS) is 19.0. The Morgan fingerprint density at radius 1 is 1.30 bits per heavy atom. The molecule has 0 saturated carbocycles. The first-order chi connectivity index (χ1) is 9.90. The summed E-state index contributed by atoms with van der Waals surface area (Å²) in [5.74, 6) is 0. The minimum absolute atomic E-state index is 0.470. The molecular formula is C14H15N5S. The van der Waals surface area contributed by atoms with Gasteiger partial charge in [0.2, 0.25) is 0 Å². The van der Waals surface area contributed by atoms with Crippen LogP contribution in [0.25, 0.3) is 10.2 Å². The van der Waals surface area contributed by atoms with Gasteiger partial charge in [-0.25, -0.2) is 9.97 Å². The van der Waals surface area contributed by atoms with Crippen molar-refractivity contribution in [2.24, 2.45) is 0 Å². The van der Waals surface area contributed by atoms with Gasteiger partial charge in [-0.3, -0.25) is 4.68 Å². The van der Waals surface area contributed by atoms with Crippen molar-refractivity contribution in [1.29, 1.82) is 0 Å². The largest absolute Gasteiger partial charge is 0.343 e. The number of hydrogen-bond donors (Lipinski definition) is 0. The summed E-state index contributed by atoms with van der Waals surface area (Å²) in [5.41, 5.74) is 1.10. The molecule has 4 rings (SSSR count). The van der Waals surface area contributed by atoms with Crippen LogP contribution < -0.4 is 4.90 Å². The van der Waals surface area contributed by atoms with Crippen molar-refractivity contribution in [2.45, 2.75) is 25.4 Å². The van der Waals surface area contributed by atoms with Crippen molar-refractivity contribution >= 4 is 26.7 Å². The molecule has 1 aliphatic heterocycles. The molecule has 6 heteroatoms. The molecular weight excluding hydrogens is 270 g/mol. The van der Waals surface area contributed by atoms with Crippen LogP contribution in [0.5, 0.6) is 0 Å². The predicted molar refractivity (Wildman–Crippen MR) is 80.0 cm³/mol. The zero-order valence-electron chi connectivity index (χ0n) is 11.0. The summed E-state index contributed by atoms with van der Waals surface area (Å²) < 4.78 is 3.17. The lowest BCUT2D eigenvalue weighted by atomic mass is 10.2. The number of para-hydroxylation sites is 1. The number of anilines is 1. The Morgan fingerprint density at radius 2 is 2.25 bits per heavy atom. The van der Waals surface area contributed by atoms with Gasteiger partial charge in [0.05, 0.1) is 22.8 Å². The Hall–Kier alpha value is -1.95. The van der Waals surface area contributed by atoms with Crippen molar-refractivity contribution < 1.29 is 0 Å². The Morgan fingerprint density at radius 3 is 3.10 bits per heavy atom. The molecule has 1 aromatic carbocycles. The van der Waals surface area contributed by atoms with Crippen LogP contribution >= 0.6 is 11.3 Å². The van der Waals surface area contributed by atoms with Gasteiger partial charge in [-0.05, 0) is 25.0 Å². The third-order valence-electron chi connectivity index (χ3n) is 3.77. The Kier molecular flexibility index (Phi) is 2.88. The number of fused-ring (bicyclic) bond motifs is 1. The molecule has 2 aromatic heterocycles. The topological polar surface area (TPSA) is 46.8 Å². The van der Waals surface area contributed by atoms with Crippen LogP contribution in [-0.4, -0.2) is 32.3 Å². The second-order valence-corrected chi connectivity index (χ2v) is 6.08. The summed E-state index contributed by atoms with van der Waals surface area (Å²) in [7, 11) is 0. The van der Waals surface area contributed by atoms with Crippen molar-refractivity contribution in [2.75, 3.05) is 11.4 Å². The van der Waals surface area contributed by atoms with E-state index in [2.05, 4.69) is 33.2 Å². The molecule has 0 unspecified atom stereocenters. The maximum absolute atomic E-state index is 4.77. The lowest BCUT2D eigenvalue weighted by Crippen LogP contribution is -2.33. The molecule has 0 radical (unpaired) electrons. The van der Waals surface area contributed by atoms with Gasteiger partial charge in [-0.1, -0.05) is 23.5 Å². The highest BCUT2D eigenvalue weighted by Gasteiger charge is 2.27. The molecule has 0 N–H and O–H groups in total. The maximum Gasteiger partial charge on any atom is 0.186 e. The Bertz CT molecular complexity index is 672. The quantitative estimate of drug-likeness (QED) is 0.742. The number of benzene rings is 1. The third kappa shape index (κ3) is 2.06. The standard InChI is InChI=1S/C14H15N5S/c1-2-6-13-12(5-1)17-14(20-13)19-7-3-4-11(19)8-18-10-15-9-16-18/h1-2,5-6,9-11H,3-4,7-8H2/t11-/m0/s1. The minimum Gasteiger partial charge on any atom is -0.343 e.